The molecule has 0 fully saturated rings. The molecular formula is C63H111NaO15S. The minimum atomic E-state index is -6.35. The van der Waals surface area contributed by atoms with Gasteiger partial charge in [-0.1, -0.05) is 242 Å². The van der Waals surface area contributed by atoms with Gasteiger partial charge in [0.05, 0.1) is 0 Å². The summed E-state index contributed by atoms with van der Waals surface area (Å²) in [5.74, 6) is -14.5. The molecule has 0 radical (unpaired) electrons. The van der Waals surface area contributed by atoms with Crippen molar-refractivity contribution >= 4 is 45.9 Å². The molecule has 0 aromatic carbocycles. The van der Waals surface area contributed by atoms with E-state index in [1.807, 2.05) is 0 Å². The van der Waals surface area contributed by atoms with Crippen LogP contribution in [0.1, 0.15) is 325 Å². The zero-order chi connectivity index (χ0) is 58.9. The van der Waals surface area contributed by atoms with Crippen molar-refractivity contribution in [3.8, 4) is 0 Å². The zero-order valence-corrected chi connectivity index (χ0v) is 54.8. The fourth-order valence-corrected chi connectivity index (χ4v) is 11.0. The summed E-state index contributed by atoms with van der Waals surface area (Å²) >= 11 is 0. The standard InChI is InChI=1S/C63H112O15S.Na/c1-9-14-19-24-30-37-44-54(64)73-53-50-52-61(79(70,71)72,74-55(65)45-38-35-29-36-43-51-60(6,7)8)63(77-58(68)48-41-33-27-22-17-12-4,78-59(69)49-42-34-28-23-18-13-5)62(53,75-56(66)46-39-31-25-20-15-10-2)76-57(67)47-40-32-26-21-16-11-3;/h50,52-53H,9-49,51H2,1-8H3,(H,70,71,72);/q;+1/p-1. The smallest absolute Gasteiger partial charge is 0.744 e. The van der Waals surface area contributed by atoms with E-state index in [0.717, 1.165) is 160 Å². The first-order valence-electron chi connectivity index (χ1n) is 31.7. The van der Waals surface area contributed by atoms with Crippen LogP contribution in [0.3, 0.4) is 0 Å². The largest absolute Gasteiger partial charge is 1.00 e. The van der Waals surface area contributed by atoms with E-state index in [9.17, 15) is 41.7 Å². The van der Waals surface area contributed by atoms with Gasteiger partial charge in [-0.3, -0.25) is 28.8 Å². The van der Waals surface area contributed by atoms with E-state index in [1.54, 1.807) is 0 Å². The molecule has 2 atom stereocenters. The molecule has 0 aromatic rings. The summed E-state index contributed by atoms with van der Waals surface area (Å²) in [5, 5.41) is 0. The minimum Gasteiger partial charge on any atom is -0.744 e. The van der Waals surface area contributed by atoms with Gasteiger partial charge in [-0.25, -0.2) is 8.42 Å². The number of unbranched alkanes of at least 4 members (excludes halogenated alkanes) is 29. The normalized spacial score (nSPS) is 16.5. The molecule has 1 rings (SSSR count). The average Bonchev–Trinajstić information content (AvgIpc) is 3.41. The molecule has 0 amide bonds. The van der Waals surface area contributed by atoms with Crippen molar-refractivity contribution in [1.29, 1.82) is 0 Å². The van der Waals surface area contributed by atoms with Gasteiger partial charge in [0.1, 0.15) is 10.1 Å². The van der Waals surface area contributed by atoms with Gasteiger partial charge in [-0.15, -0.1) is 0 Å². The van der Waals surface area contributed by atoms with E-state index >= 15 is 0 Å². The number of carbonyl (C=O) groups excluding carboxylic acids is 6. The quantitative estimate of drug-likeness (QED) is 0.0105. The number of rotatable bonds is 49. The van der Waals surface area contributed by atoms with Gasteiger partial charge < -0.3 is 33.0 Å². The molecule has 0 saturated heterocycles. The number of carbonyl (C=O) groups is 6. The third-order valence-corrected chi connectivity index (χ3v) is 15.9. The molecule has 0 N–H and O–H groups in total. The van der Waals surface area contributed by atoms with Gasteiger partial charge in [0.25, 0.3) is 0 Å². The molecule has 0 heterocycles. The van der Waals surface area contributed by atoms with Crippen molar-refractivity contribution in [3.05, 3.63) is 12.2 Å². The first-order chi connectivity index (χ1) is 37.7. The zero-order valence-electron chi connectivity index (χ0n) is 52.0. The summed E-state index contributed by atoms with van der Waals surface area (Å²) in [7, 11) is -6.35. The molecule has 0 bridgehead atoms. The molecule has 80 heavy (non-hydrogen) atoms. The molecule has 0 spiro atoms. The maximum absolute atomic E-state index is 14.8. The molecule has 15 nitrogen and oxygen atoms in total. The summed E-state index contributed by atoms with van der Waals surface area (Å²) in [5.41, 5.74) is 0.143. The van der Waals surface area contributed by atoms with Gasteiger partial charge in [0, 0.05) is 38.5 Å². The number of hydrogen-bond donors (Lipinski definition) is 0. The van der Waals surface area contributed by atoms with Gasteiger partial charge >= 0.3 is 81.9 Å². The molecule has 460 valence electrons. The van der Waals surface area contributed by atoms with Crippen molar-refractivity contribution in [2.45, 2.75) is 348 Å². The van der Waals surface area contributed by atoms with Crippen LogP contribution < -0.4 is 29.6 Å². The molecule has 1 aliphatic rings. The van der Waals surface area contributed by atoms with Gasteiger partial charge in [-0.05, 0) is 62.5 Å². The van der Waals surface area contributed by atoms with Crippen LogP contribution in [-0.4, -0.2) is 71.4 Å². The van der Waals surface area contributed by atoms with Crippen LogP contribution in [0.15, 0.2) is 12.2 Å². The van der Waals surface area contributed by atoms with Crippen molar-refractivity contribution in [2.24, 2.45) is 5.41 Å². The topological polar surface area (TPSA) is 215 Å². The molecule has 1 aliphatic carbocycles. The first-order valence-corrected chi connectivity index (χ1v) is 33.1. The molecular weight excluding hydrogens is 1050 g/mol. The Morgan fingerprint density at radius 2 is 0.662 bits per heavy atom. The molecule has 0 aromatic heterocycles. The van der Waals surface area contributed by atoms with Gasteiger partial charge in [0.2, 0.25) is 6.10 Å². The maximum Gasteiger partial charge on any atom is 1.00 e. The Kier molecular flexibility index (Phi) is 43.5. The van der Waals surface area contributed by atoms with Crippen LogP contribution in [0.5, 0.6) is 0 Å². The summed E-state index contributed by atoms with van der Waals surface area (Å²) in [6, 6.07) is 0. The van der Waals surface area contributed by atoms with Crippen molar-refractivity contribution in [1.82, 2.24) is 0 Å². The SMILES string of the molecule is CCCCCCCCC(=O)OC1C=CC(OC(=O)CCCCCCCC(C)(C)C)(S(=O)(=O)[O-])C(OC(=O)CCCCCCCC)(OC(=O)CCCCCCCC)C1(OC(=O)CCCCCCCC)OC(=O)CCCCCCCC.[Na+]. The first kappa shape index (κ1) is 77.5. The van der Waals surface area contributed by atoms with Crippen LogP contribution in [0.2, 0.25) is 0 Å². The van der Waals surface area contributed by atoms with E-state index in [2.05, 4.69) is 55.4 Å². The van der Waals surface area contributed by atoms with Crippen LogP contribution >= 0.6 is 0 Å². The predicted molar refractivity (Wildman–Crippen MR) is 309 cm³/mol. The maximum atomic E-state index is 14.8. The number of ether oxygens (including phenoxy) is 6. The van der Waals surface area contributed by atoms with Crippen LogP contribution in [0.4, 0.5) is 0 Å². The Labute approximate surface area is 507 Å². The van der Waals surface area contributed by atoms with E-state index in [1.165, 1.54) is 0 Å². The molecule has 0 aliphatic heterocycles. The van der Waals surface area contributed by atoms with E-state index in [0.29, 0.717) is 51.0 Å². The van der Waals surface area contributed by atoms with E-state index in [4.69, 9.17) is 28.4 Å². The Hall–Kier alpha value is -2.53. The van der Waals surface area contributed by atoms with Crippen molar-refractivity contribution < 1.29 is 99.7 Å². The Balaban J connectivity index is 0.0000624. The average molecular weight is 1160 g/mol. The minimum absolute atomic E-state index is 0. The van der Waals surface area contributed by atoms with Crippen molar-refractivity contribution in [2.75, 3.05) is 0 Å². The van der Waals surface area contributed by atoms with E-state index in [-0.39, 0.29) is 86.3 Å². The van der Waals surface area contributed by atoms with E-state index < -0.39 is 87.8 Å². The van der Waals surface area contributed by atoms with Crippen LogP contribution in [0.25, 0.3) is 0 Å². The fraction of sp³-hybridized carbons (Fsp3) is 0.873. The van der Waals surface area contributed by atoms with Gasteiger partial charge in [0.15, 0.2) is 0 Å². The second kappa shape index (κ2) is 44.9. The molecule has 17 heteroatoms. The summed E-state index contributed by atoms with van der Waals surface area (Å²) < 4.78 is 81.1. The summed E-state index contributed by atoms with van der Waals surface area (Å²) in [6.45, 7) is 16.8. The third kappa shape index (κ3) is 30.9. The van der Waals surface area contributed by atoms with Crippen LogP contribution in [0, 0.1) is 5.41 Å². The summed E-state index contributed by atoms with van der Waals surface area (Å²) in [6.07, 6.45) is 23.4. The second-order valence-electron chi connectivity index (χ2n) is 23.5. The fourth-order valence-electron chi connectivity index (χ4n) is 9.96. The predicted octanol–water partition coefficient (Wildman–Crippen LogP) is 13.4. The number of esters is 6. The Bertz CT molecular complexity index is 1790. The summed E-state index contributed by atoms with van der Waals surface area (Å²) in [4.78, 5) is 83.7. The van der Waals surface area contributed by atoms with Crippen molar-refractivity contribution in [3.63, 3.8) is 0 Å². The third-order valence-electron chi connectivity index (χ3n) is 14.7. The van der Waals surface area contributed by atoms with Crippen LogP contribution in [-0.2, 0) is 67.3 Å². The Morgan fingerprint density at radius 3 is 0.963 bits per heavy atom. The molecule has 0 saturated carbocycles. The van der Waals surface area contributed by atoms with Gasteiger partial charge in [-0.2, -0.15) is 0 Å². The monoisotopic (exact) mass is 1160 g/mol. The Morgan fingerprint density at radius 1 is 0.400 bits per heavy atom. The second-order valence-corrected chi connectivity index (χ2v) is 25.0. The molecule has 2 unspecified atom stereocenters. The number of hydrogen-bond acceptors (Lipinski definition) is 15.